The summed E-state index contributed by atoms with van der Waals surface area (Å²) in [7, 11) is 2.12. The maximum Gasteiger partial charge on any atom is 0.119 e. The Balaban J connectivity index is 1.96. The molecule has 1 aromatic rings. The molecule has 1 saturated heterocycles. The van der Waals surface area contributed by atoms with Gasteiger partial charge in [-0.05, 0) is 31.7 Å². The van der Waals surface area contributed by atoms with Crippen LogP contribution in [0.15, 0.2) is 18.2 Å². The first-order valence-electron chi connectivity index (χ1n) is 6.27. The number of hydrazine groups is 1. The molecule has 0 spiro atoms. The molecule has 100 valence electrons. The smallest absolute Gasteiger partial charge is 0.119 e. The molecular weight excluding hydrogens is 230 g/mol. The minimum atomic E-state index is 0.0615. The highest BCUT2D eigenvalue weighted by Crippen LogP contribution is 2.24. The summed E-state index contributed by atoms with van der Waals surface area (Å²) in [6.45, 7) is 6.07. The fourth-order valence-corrected chi connectivity index (χ4v) is 2.15. The van der Waals surface area contributed by atoms with E-state index in [-0.39, 0.29) is 17.5 Å². The summed E-state index contributed by atoms with van der Waals surface area (Å²) < 4.78 is 0. The van der Waals surface area contributed by atoms with Gasteiger partial charge in [-0.3, -0.25) is 0 Å². The number of aromatic hydroxyl groups is 2. The van der Waals surface area contributed by atoms with Crippen LogP contribution >= 0.6 is 0 Å². The summed E-state index contributed by atoms with van der Waals surface area (Å²) in [5, 5.41) is 21.1. The first kappa shape index (κ1) is 13.1. The maximum atomic E-state index is 9.48. The van der Waals surface area contributed by atoms with Gasteiger partial charge in [0.1, 0.15) is 11.5 Å². The normalized spacial score (nSPS) is 19.9. The van der Waals surface area contributed by atoms with Gasteiger partial charge >= 0.3 is 0 Å². The Labute approximate surface area is 108 Å². The van der Waals surface area contributed by atoms with Crippen molar-refractivity contribution in [2.45, 2.75) is 13.0 Å². The van der Waals surface area contributed by atoms with E-state index in [0.717, 1.165) is 31.7 Å². The number of rotatable bonds is 3. The van der Waals surface area contributed by atoms with Crippen molar-refractivity contribution in [2.75, 3.05) is 33.2 Å². The summed E-state index contributed by atoms with van der Waals surface area (Å²) in [6, 6.07) is 4.75. The van der Waals surface area contributed by atoms with Crippen LogP contribution in [0.3, 0.4) is 0 Å². The standard InChI is InChI=1S/C13H21N3O2/c1-10(11-7-12(17)9-13(18)8-11)14-16-5-3-15(2)4-6-16/h7-10,14,17-18H,3-6H2,1-2H3. The van der Waals surface area contributed by atoms with Gasteiger partial charge in [0.15, 0.2) is 0 Å². The molecule has 1 aliphatic rings. The van der Waals surface area contributed by atoms with Crippen LogP contribution in [0.4, 0.5) is 0 Å². The maximum absolute atomic E-state index is 9.48. The molecule has 0 aliphatic carbocycles. The van der Waals surface area contributed by atoms with Gasteiger partial charge < -0.3 is 15.1 Å². The predicted molar refractivity (Wildman–Crippen MR) is 70.4 cm³/mol. The lowest BCUT2D eigenvalue weighted by Crippen LogP contribution is -2.51. The highest BCUT2D eigenvalue weighted by Gasteiger charge is 2.16. The van der Waals surface area contributed by atoms with E-state index >= 15 is 0 Å². The summed E-state index contributed by atoms with van der Waals surface area (Å²) >= 11 is 0. The highest BCUT2D eigenvalue weighted by molar-refractivity contribution is 5.37. The van der Waals surface area contributed by atoms with Crippen molar-refractivity contribution >= 4 is 0 Å². The van der Waals surface area contributed by atoms with Crippen LogP contribution in [-0.2, 0) is 0 Å². The van der Waals surface area contributed by atoms with E-state index in [1.807, 2.05) is 6.92 Å². The molecular formula is C13H21N3O2. The number of hydrogen-bond acceptors (Lipinski definition) is 5. The zero-order valence-electron chi connectivity index (χ0n) is 10.9. The Bertz CT molecular complexity index is 383. The average Bonchev–Trinajstić information content (AvgIpc) is 2.31. The number of phenolic OH excluding ortho intramolecular Hbond substituents is 2. The van der Waals surface area contributed by atoms with Crippen LogP contribution in [0.25, 0.3) is 0 Å². The van der Waals surface area contributed by atoms with E-state index in [9.17, 15) is 10.2 Å². The molecule has 5 heteroatoms. The van der Waals surface area contributed by atoms with Gasteiger partial charge in [0, 0.05) is 38.3 Å². The Morgan fingerprint density at radius 1 is 1.06 bits per heavy atom. The molecule has 0 radical (unpaired) electrons. The lowest BCUT2D eigenvalue weighted by Gasteiger charge is -2.34. The van der Waals surface area contributed by atoms with Crippen molar-refractivity contribution in [2.24, 2.45) is 0 Å². The molecule has 0 bridgehead atoms. The molecule has 1 aromatic carbocycles. The van der Waals surface area contributed by atoms with E-state index in [0.29, 0.717) is 0 Å². The number of benzene rings is 1. The van der Waals surface area contributed by atoms with E-state index in [2.05, 4.69) is 22.4 Å². The third kappa shape index (κ3) is 3.35. The Kier molecular flexibility index (Phi) is 4.06. The third-order valence-corrected chi connectivity index (χ3v) is 3.30. The van der Waals surface area contributed by atoms with Crippen molar-refractivity contribution in [1.29, 1.82) is 0 Å². The highest BCUT2D eigenvalue weighted by atomic mass is 16.3. The van der Waals surface area contributed by atoms with E-state index < -0.39 is 0 Å². The van der Waals surface area contributed by atoms with Gasteiger partial charge in [-0.15, -0.1) is 0 Å². The van der Waals surface area contributed by atoms with Crippen molar-refractivity contribution in [3.63, 3.8) is 0 Å². The molecule has 1 fully saturated rings. The largest absolute Gasteiger partial charge is 0.508 e. The monoisotopic (exact) mass is 251 g/mol. The SMILES string of the molecule is CC(NN1CCN(C)CC1)c1cc(O)cc(O)c1. The van der Waals surface area contributed by atoms with Crippen LogP contribution in [0, 0.1) is 0 Å². The van der Waals surface area contributed by atoms with Crippen molar-refractivity contribution in [3.05, 3.63) is 23.8 Å². The number of piperazine rings is 1. The van der Waals surface area contributed by atoms with Crippen molar-refractivity contribution in [3.8, 4) is 11.5 Å². The zero-order valence-corrected chi connectivity index (χ0v) is 10.9. The van der Waals surface area contributed by atoms with Crippen LogP contribution in [0.1, 0.15) is 18.5 Å². The second-order valence-electron chi connectivity index (χ2n) is 4.92. The molecule has 3 N–H and O–H groups in total. The lowest BCUT2D eigenvalue weighted by molar-refractivity contribution is 0.0898. The number of likely N-dealkylation sites (N-methyl/N-ethyl adjacent to an activating group) is 1. The molecule has 1 atom stereocenters. The summed E-state index contributed by atoms with van der Waals surface area (Å²) in [5.74, 6) is 0.189. The topological polar surface area (TPSA) is 59.0 Å². The lowest BCUT2D eigenvalue weighted by atomic mass is 10.1. The molecule has 0 saturated carbocycles. The quantitative estimate of drug-likeness (QED) is 0.745. The average molecular weight is 251 g/mol. The first-order chi connectivity index (χ1) is 8.54. The molecule has 5 nitrogen and oxygen atoms in total. The second kappa shape index (κ2) is 5.56. The van der Waals surface area contributed by atoms with E-state index in [1.54, 1.807) is 12.1 Å². The first-order valence-corrected chi connectivity index (χ1v) is 6.27. The number of hydrogen-bond donors (Lipinski definition) is 3. The molecule has 1 heterocycles. The Morgan fingerprint density at radius 2 is 1.61 bits per heavy atom. The second-order valence-corrected chi connectivity index (χ2v) is 4.92. The van der Waals surface area contributed by atoms with Crippen LogP contribution < -0.4 is 5.43 Å². The van der Waals surface area contributed by atoms with E-state index in [1.165, 1.54) is 6.07 Å². The minimum absolute atomic E-state index is 0.0615. The molecule has 2 rings (SSSR count). The molecule has 1 unspecified atom stereocenters. The molecule has 1 aliphatic heterocycles. The fourth-order valence-electron chi connectivity index (χ4n) is 2.15. The number of nitrogens with one attached hydrogen (secondary N) is 1. The van der Waals surface area contributed by atoms with Crippen LogP contribution in [0.5, 0.6) is 11.5 Å². The van der Waals surface area contributed by atoms with Crippen LogP contribution in [0.2, 0.25) is 0 Å². The van der Waals surface area contributed by atoms with E-state index in [4.69, 9.17) is 0 Å². The fraction of sp³-hybridized carbons (Fsp3) is 0.538. The van der Waals surface area contributed by atoms with Gasteiger partial charge in [0.2, 0.25) is 0 Å². The summed E-state index contributed by atoms with van der Waals surface area (Å²) in [4.78, 5) is 2.29. The van der Waals surface area contributed by atoms with Gasteiger partial charge in [-0.25, -0.2) is 10.4 Å². The summed E-state index contributed by atoms with van der Waals surface area (Å²) in [6.07, 6.45) is 0. The van der Waals surface area contributed by atoms with Crippen molar-refractivity contribution in [1.82, 2.24) is 15.3 Å². The van der Waals surface area contributed by atoms with Gasteiger partial charge in [-0.1, -0.05) is 0 Å². The number of nitrogens with zero attached hydrogens (tertiary/aromatic N) is 2. The molecule has 0 amide bonds. The minimum Gasteiger partial charge on any atom is -0.508 e. The molecule has 18 heavy (non-hydrogen) atoms. The van der Waals surface area contributed by atoms with Crippen molar-refractivity contribution < 1.29 is 10.2 Å². The third-order valence-electron chi connectivity index (χ3n) is 3.30. The number of phenols is 2. The van der Waals surface area contributed by atoms with Gasteiger partial charge in [0.05, 0.1) is 0 Å². The van der Waals surface area contributed by atoms with Crippen LogP contribution in [-0.4, -0.2) is 53.3 Å². The zero-order chi connectivity index (χ0) is 13.1. The Hall–Kier alpha value is -1.30. The Morgan fingerprint density at radius 3 is 2.17 bits per heavy atom. The molecule has 0 aromatic heterocycles. The van der Waals surface area contributed by atoms with Gasteiger partial charge in [0.25, 0.3) is 0 Å². The summed E-state index contributed by atoms with van der Waals surface area (Å²) in [5.41, 5.74) is 4.28. The van der Waals surface area contributed by atoms with Gasteiger partial charge in [-0.2, -0.15) is 0 Å². The predicted octanol–water partition coefficient (Wildman–Crippen LogP) is 0.911.